The maximum atomic E-state index is 5.80. The summed E-state index contributed by atoms with van der Waals surface area (Å²) >= 11 is 0. The first-order valence-electron chi connectivity index (χ1n) is 7.21. The number of methoxy groups -OCH3 is 1. The molecule has 0 aromatic carbocycles. The Bertz CT molecular complexity index is 605. The molecule has 1 saturated carbocycles. The summed E-state index contributed by atoms with van der Waals surface area (Å²) in [5.41, 5.74) is 5.75. The van der Waals surface area contributed by atoms with Crippen LogP contribution in [0.2, 0.25) is 0 Å². The van der Waals surface area contributed by atoms with Crippen LogP contribution in [0.1, 0.15) is 44.3 Å². The van der Waals surface area contributed by atoms with Crippen molar-refractivity contribution in [2.24, 2.45) is 0 Å². The van der Waals surface area contributed by atoms with Crippen molar-refractivity contribution in [3.8, 4) is 11.6 Å². The molecule has 0 radical (unpaired) electrons. The van der Waals surface area contributed by atoms with Gasteiger partial charge in [-0.15, -0.1) is 0 Å². The van der Waals surface area contributed by atoms with E-state index >= 15 is 0 Å². The molecule has 2 aromatic heterocycles. The van der Waals surface area contributed by atoms with E-state index in [4.69, 9.17) is 15.0 Å². The van der Waals surface area contributed by atoms with Crippen molar-refractivity contribution < 1.29 is 9.26 Å². The van der Waals surface area contributed by atoms with Gasteiger partial charge in [0.25, 0.3) is 5.89 Å². The number of hydrogen-bond acceptors (Lipinski definition) is 7. The molecular formula is C14H19N5O2. The van der Waals surface area contributed by atoms with Crippen molar-refractivity contribution in [3.05, 3.63) is 18.2 Å². The summed E-state index contributed by atoms with van der Waals surface area (Å²) in [7, 11) is 1.71. The Kier molecular flexibility index (Phi) is 3.83. The van der Waals surface area contributed by atoms with E-state index < -0.39 is 5.60 Å². The molecule has 21 heavy (non-hydrogen) atoms. The largest absolute Gasteiger partial charge is 0.382 e. The molecule has 0 aliphatic heterocycles. The van der Waals surface area contributed by atoms with Gasteiger partial charge in [-0.05, 0) is 12.8 Å². The molecule has 2 N–H and O–H groups in total. The van der Waals surface area contributed by atoms with E-state index in [1.165, 1.54) is 19.0 Å². The predicted molar refractivity (Wildman–Crippen MR) is 76.1 cm³/mol. The third kappa shape index (κ3) is 2.61. The van der Waals surface area contributed by atoms with Crippen LogP contribution in [0.25, 0.3) is 11.6 Å². The van der Waals surface area contributed by atoms with E-state index in [0.717, 1.165) is 25.7 Å². The van der Waals surface area contributed by atoms with Gasteiger partial charge in [0.1, 0.15) is 5.60 Å². The van der Waals surface area contributed by atoms with Crippen LogP contribution in [-0.4, -0.2) is 27.2 Å². The highest BCUT2D eigenvalue weighted by molar-refractivity contribution is 5.61. The molecule has 3 rings (SSSR count). The number of aromatic nitrogens is 4. The Balaban J connectivity index is 1.95. The third-order valence-corrected chi connectivity index (χ3v) is 4.06. The van der Waals surface area contributed by atoms with Gasteiger partial charge >= 0.3 is 0 Å². The molecule has 112 valence electrons. The number of nitrogens with zero attached hydrogens (tertiary/aromatic N) is 4. The van der Waals surface area contributed by atoms with Crippen LogP contribution in [0.3, 0.4) is 0 Å². The summed E-state index contributed by atoms with van der Waals surface area (Å²) < 4.78 is 11.1. The quantitative estimate of drug-likeness (QED) is 0.865. The summed E-state index contributed by atoms with van der Waals surface area (Å²) in [5.74, 6) is 1.14. The molecule has 0 atom stereocenters. The molecule has 0 bridgehead atoms. The lowest BCUT2D eigenvalue weighted by molar-refractivity contribution is -0.0365. The predicted octanol–water partition coefficient (Wildman–Crippen LogP) is 2.30. The van der Waals surface area contributed by atoms with Crippen LogP contribution in [0.5, 0.6) is 0 Å². The van der Waals surface area contributed by atoms with Gasteiger partial charge in [0.05, 0.1) is 0 Å². The summed E-state index contributed by atoms with van der Waals surface area (Å²) in [5, 5.41) is 4.11. The van der Waals surface area contributed by atoms with Crippen LogP contribution in [0, 0.1) is 0 Å². The zero-order valence-corrected chi connectivity index (χ0v) is 12.1. The average molecular weight is 289 g/mol. The average Bonchev–Trinajstić information content (AvgIpc) is 2.87. The van der Waals surface area contributed by atoms with Gasteiger partial charge in [-0.25, -0.2) is 9.97 Å². The first kappa shape index (κ1) is 13.9. The highest BCUT2D eigenvalue weighted by Gasteiger charge is 2.38. The lowest BCUT2D eigenvalue weighted by atomic mass is 9.93. The fraction of sp³-hybridized carbons (Fsp3) is 0.571. The third-order valence-electron chi connectivity index (χ3n) is 4.06. The maximum Gasteiger partial charge on any atom is 0.280 e. The molecule has 1 aliphatic rings. The van der Waals surface area contributed by atoms with E-state index in [2.05, 4.69) is 20.1 Å². The van der Waals surface area contributed by atoms with Crippen molar-refractivity contribution in [2.75, 3.05) is 12.8 Å². The Morgan fingerprint density at radius 2 is 1.86 bits per heavy atom. The molecular weight excluding hydrogens is 270 g/mol. The topological polar surface area (TPSA) is 100.0 Å². The number of ether oxygens (including phenoxy) is 1. The van der Waals surface area contributed by atoms with E-state index in [0.29, 0.717) is 11.5 Å². The smallest absolute Gasteiger partial charge is 0.280 e. The van der Waals surface area contributed by atoms with E-state index in [1.54, 1.807) is 13.3 Å². The molecule has 2 aromatic rings. The summed E-state index contributed by atoms with van der Waals surface area (Å²) in [6.45, 7) is 0. The minimum atomic E-state index is -0.463. The molecule has 1 aliphatic carbocycles. The molecule has 1 fully saturated rings. The van der Waals surface area contributed by atoms with Gasteiger partial charge in [0.2, 0.25) is 5.82 Å². The number of anilines is 1. The molecule has 7 heteroatoms. The first-order chi connectivity index (χ1) is 10.2. The van der Waals surface area contributed by atoms with Crippen molar-refractivity contribution in [1.29, 1.82) is 0 Å². The molecule has 2 heterocycles. The Hall–Kier alpha value is -2.02. The van der Waals surface area contributed by atoms with Crippen LogP contribution >= 0.6 is 0 Å². The fourth-order valence-corrected chi connectivity index (χ4v) is 2.84. The van der Waals surface area contributed by atoms with E-state index in [1.807, 2.05) is 0 Å². The summed E-state index contributed by atoms with van der Waals surface area (Å²) in [4.78, 5) is 12.6. The first-order valence-corrected chi connectivity index (χ1v) is 7.21. The zero-order valence-electron chi connectivity index (χ0n) is 12.1. The second kappa shape index (κ2) is 5.77. The second-order valence-corrected chi connectivity index (χ2v) is 5.33. The monoisotopic (exact) mass is 289 g/mol. The fourth-order valence-electron chi connectivity index (χ4n) is 2.84. The van der Waals surface area contributed by atoms with Gasteiger partial charge in [-0.2, -0.15) is 4.98 Å². The van der Waals surface area contributed by atoms with Crippen molar-refractivity contribution >= 4 is 5.82 Å². The Labute approximate surface area is 122 Å². The zero-order chi connectivity index (χ0) is 14.7. The van der Waals surface area contributed by atoms with Gasteiger partial charge in [0, 0.05) is 19.5 Å². The normalized spacial score (nSPS) is 18.3. The summed E-state index contributed by atoms with van der Waals surface area (Å²) in [6.07, 6.45) is 9.51. The van der Waals surface area contributed by atoms with Gasteiger partial charge in [-0.1, -0.05) is 30.8 Å². The minimum absolute atomic E-state index is 0.278. The Morgan fingerprint density at radius 3 is 2.52 bits per heavy atom. The van der Waals surface area contributed by atoms with Crippen LogP contribution in [0.15, 0.2) is 16.9 Å². The van der Waals surface area contributed by atoms with Crippen LogP contribution in [0.4, 0.5) is 5.82 Å². The molecule has 0 unspecified atom stereocenters. The van der Waals surface area contributed by atoms with Gasteiger partial charge < -0.3 is 15.0 Å². The van der Waals surface area contributed by atoms with Crippen LogP contribution in [-0.2, 0) is 10.3 Å². The highest BCUT2D eigenvalue weighted by atomic mass is 16.5. The van der Waals surface area contributed by atoms with Crippen molar-refractivity contribution in [3.63, 3.8) is 0 Å². The van der Waals surface area contributed by atoms with Gasteiger partial charge in [-0.3, -0.25) is 0 Å². The second-order valence-electron chi connectivity index (χ2n) is 5.33. The van der Waals surface area contributed by atoms with E-state index in [-0.39, 0.29) is 11.7 Å². The van der Waals surface area contributed by atoms with Crippen molar-refractivity contribution in [1.82, 2.24) is 20.1 Å². The number of hydrogen-bond donors (Lipinski definition) is 1. The maximum absolute atomic E-state index is 5.80. The number of rotatable bonds is 3. The highest BCUT2D eigenvalue weighted by Crippen LogP contribution is 2.38. The SMILES string of the molecule is COC1(c2noc(-c3nccnc3N)n2)CCCCCC1. The molecule has 0 spiro atoms. The minimum Gasteiger partial charge on any atom is -0.382 e. The lowest BCUT2D eigenvalue weighted by Gasteiger charge is -2.27. The van der Waals surface area contributed by atoms with Crippen LogP contribution < -0.4 is 5.73 Å². The van der Waals surface area contributed by atoms with Gasteiger partial charge in [0.15, 0.2) is 11.5 Å². The lowest BCUT2D eigenvalue weighted by Crippen LogP contribution is -2.29. The summed E-state index contributed by atoms with van der Waals surface area (Å²) in [6, 6.07) is 0. The molecule has 7 nitrogen and oxygen atoms in total. The van der Waals surface area contributed by atoms with Crippen molar-refractivity contribution in [2.45, 2.75) is 44.1 Å². The van der Waals surface area contributed by atoms with E-state index in [9.17, 15) is 0 Å². The Morgan fingerprint density at radius 1 is 1.14 bits per heavy atom. The standard InChI is InChI=1S/C14H19N5O2/c1-20-14(6-4-2-3-5-7-14)13-18-12(21-19-13)10-11(15)17-9-8-16-10/h8-9H,2-7H2,1H3,(H2,15,17). The molecule has 0 saturated heterocycles. The number of nitrogens with two attached hydrogens (primary N) is 1. The molecule has 0 amide bonds. The number of nitrogen functional groups attached to an aromatic ring is 1.